The van der Waals surface area contributed by atoms with Gasteiger partial charge in [0, 0.05) is 26.2 Å². The molecule has 1 saturated heterocycles. The number of carbonyl (C=O) groups is 2. The molecule has 1 fully saturated rings. The molecule has 1 amide bonds. The van der Waals surface area contributed by atoms with Crippen molar-refractivity contribution in [3.8, 4) is 0 Å². The fourth-order valence-electron chi connectivity index (χ4n) is 2.57. The van der Waals surface area contributed by atoms with Crippen molar-refractivity contribution in [1.82, 2.24) is 9.80 Å². The maximum Gasteiger partial charge on any atom is 0.335 e. The van der Waals surface area contributed by atoms with E-state index >= 15 is 0 Å². The van der Waals surface area contributed by atoms with E-state index < -0.39 is 5.97 Å². The van der Waals surface area contributed by atoms with Crippen molar-refractivity contribution in [2.45, 2.75) is 19.5 Å². The molecule has 0 unspecified atom stereocenters. The summed E-state index contributed by atoms with van der Waals surface area (Å²) in [4.78, 5) is 26.8. The third-order valence-corrected chi connectivity index (χ3v) is 3.81. The van der Waals surface area contributed by atoms with Crippen molar-refractivity contribution in [3.63, 3.8) is 0 Å². The van der Waals surface area contributed by atoms with E-state index in [1.54, 1.807) is 12.1 Å². The van der Waals surface area contributed by atoms with Gasteiger partial charge < -0.3 is 10.0 Å². The predicted octanol–water partition coefficient (Wildman–Crippen LogP) is 0.933. The van der Waals surface area contributed by atoms with Crippen molar-refractivity contribution in [2.75, 3.05) is 19.6 Å². The van der Waals surface area contributed by atoms with Crippen molar-refractivity contribution in [1.29, 1.82) is 0 Å². The molecule has 3 rings (SSSR count). The summed E-state index contributed by atoms with van der Waals surface area (Å²) in [5.74, 6) is -0.726. The molecule has 1 N–H and O–H groups in total. The predicted molar refractivity (Wildman–Crippen MR) is 68.7 cm³/mol. The van der Waals surface area contributed by atoms with Gasteiger partial charge in [0.1, 0.15) is 0 Å². The average Bonchev–Trinajstić information content (AvgIpc) is 2.66. The number of benzene rings is 1. The van der Waals surface area contributed by atoms with Gasteiger partial charge in [0.05, 0.1) is 12.1 Å². The number of hydrogen-bond donors (Lipinski definition) is 1. The van der Waals surface area contributed by atoms with Gasteiger partial charge in [-0.3, -0.25) is 9.69 Å². The summed E-state index contributed by atoms with van der Waals surface area (Å²) in [6.07, 6.45) is 1.11. The number of amides is 1. The standard InChI is InChI=1S/C14H16N2O3/c17-13(16-4-1-5-16)9-15-7-11-3-2-10(14(18)19)6-12(11)8-15/h2-3,6H,1,4-5,7-9H2,(H,18,19). The lowest BCUT2D eigenvalue weighted by atomic mass is 10.1. The summed E-state index contributed by atoms with van der Waals surface area (Å²) >= 11 is 0. The molecule has 0 aliphatic carbocycles. The van der Waals surface area contributed by atoms with Crippen LogP contribution in [0.2, 0.25) is 0 Å². The summed E-state index contributed by atoms with van der Waals surface area (Å²) in [7, 11) is 0. The zero-order valence-corrected chi connectivity index (χ0v) is 10.6. The second-order valence-corrected chi connectivity index (χ2v) is 5.17. The minimum absolute atomic E-state index is 0.178. The lowest BCUT2D eigenvalue weighted by Crippen LogP contribution is -2.46. The summed E-state index contributed by atoms with van der Waals surface area (Å²) in [5, 5.41) is 8.97. The number of carboxylic acid groups (broad SMARTS) is 1. The highest BCUT2D eigenvalue weighted by molar-refractivity contribution is 5.88. The molecule has 1 aromatic carbocycles. The summed E-state index contributed by atoms with van der Waals surface area (Å²) in [5.41, 5.74) is 2.47. The molecule has 0 bridgehead atoms. The molecule has 0 spiro atoms. The van der Waals surface area contributed by atoms with Crippen LogP contribution in [0.3, 0.4) is 0 Å². The Hall–Kier alpha value is -1.88. The first-order valence-corrected chi connectivity index (χ1v) is 6.49. The van der Waals surface area contributed by atoms with E-state index in [1.807, 2.05) is 11.0 Å². The minimum Gasteiger partial charge on any atom is -0.478 e. The molecule has 5 nitrogen and oxygen atoms in total. The highest BCUT2D eigenvalue weighted by Gasteiger charge is 2.26. The molecule has 0 aromatic heterocycles. The Bertz CT molecular complexity index is 537. The molecule has 0 saturated carbocycles. The van der Waals surface area contributed by atoms with Gasteiger partial charge in [-0.2, -0.15) is 0 Å². The Morgan fingerprint density at radius 3 is 2.53 bits per heavy atom. The first-order chi connectivity index (χ1) is 9.13. The number of aromatic carboxylic acids is 1. The van der Waals surface area contributed by atoms with E-state index in [0.29, 0.717) is 18.7 Å². The first kappa shape index (κ1) is 12.2. The van der Waals surface area contributed by atoms with E-state index in [9.17, 15) is 9.59 Å². The monoisotopic (exact) mass is 260 g/mol. The van der Waals surface area contributed by atoms with Crippen LogP contribution in [0.15, 0.2) is 18.2 Å². The summed E-state index contributed by atoms with van der Waals surface area (Å²) in [6, 6.07) is 5.20. The molecule has 1 aromatic rings. The van der Waals surface area contributed by atoms with E-state index in [-0.39, 0.29) is 5.91 Å². The number of carboxylic acids is 1. The smallest absolute Gasteiger partial charge is 0.335 e. The number of rotatable bonds is 3. The highest BCUT2D eigenvalue weighted by atomic mass is 16.4. The topological polar surface area (TPSA) is 60.9 Å². The molecule has 5 heteroatoms. The van der Waals surface area contributed by atoms with Gasteiger partial charge in [-0.05, 0) is 29.7 Å². The van der Waals surface area contributed by atoms with Crippen molar-refractivity contribution >= 4 is 11.9 Å². The molecule has 0 atom stereocenters. The number of nitrogens with zero attached hydrogens (tertiary/aromatic N) is 2. The number of carbonyl (C=O) groups excluding carboxylic acids is 1. The molecule has 2 heterocycles. The normalized spacial score (nSPS) is 18.0. The molecule has 2 aliphatic rings. The molecule has 19 heavy (non-hydrogen) atoms. The molecule has 0 radical (unpaired) electrons. The highest BCUT2D eigenvalue weighted by Crippen LogP contribution is 2.24. The van der Waals surface area contributed by atoms with E-state index in [4.69, 9.17) is 5.11 Å². The third-order valence-electron chi connectivity index (χ3n) is 3.81. The van der Waals surface area contributed by atoms with Crippen molar-refractivity contribution < 1.29 is 14.7 Å². The van der Waals surface area contributed by atoms with Crippen LogP contribution in [0.5, 0.6) is 0 Å². The van der Waals surface area contributed by atoms with Crippen LogP contribution in [-0.2, 0) is 17.9 Å². The lowest BCUT2D eigenvalue weighted by molar-refractivity contribution is -0.135. The van der Waals surface area contributed by atoms with Crippen LogP contribution in [0.1, 0.15) is 27.9 Å². The largest absolute Gasteiger partial charge is 0.478 e. The van der Waals surface area contributed by atoms with Crippen molar-refractivity contribution in [3.05, 3.63) is 34.9 Å². The Labute approximate surface area is 111 Å². The van der Waals surface area contributed by atoms with Crippen LogP contribution in [0, 0.1) is 0 Å². The van der Waals surface area contributed by atoms with Gasteiger partial charge in [0.2, 0.25) is 5.91 Å². The minimum atomic E-state index is -0.905. The fraction of sp³-hybridized carbons (Fsp3) is 0.429. The van der Waals surface area contributed by atoms with Crippen molar-refractivity contribution in [2.24, 2.45) is 0 Å². The zero-order chi connectivity index (χ0) is 13.4. The van der Waals surface area contributed by atoms with Crippen LogP contribution < -0.4 is 0 Å². The Morgan fingerprint density at radius 2 is 1.89 bits per heavy atom. The fourth-order valence-corrected chi connectivity index (χ4v) is 2.57. The second kappa shape index (κ2) is 4.66. The van der Waals surface area contributed by atoms with Crippen LogP contribution in [0.4, 0.5) is 0 Å². The van der Waals surface area contributed by atoms with Gasteiger partial charge >= 0.3 is 5.97 Å². The van der Waals surface area contributed by atoms with E-state index in [1.165, 1.54) is 0 Å². The number of likely N-dealkylation sites (tertiary alicyclic amines) is 1. The van der Waals surface area contributed by atoms with Gasteiger partial charge in [-0.1, -0.05) is 6.07 Å². The van der Waals surface area contributed by atoms with Gasteiger partial charge in [0.15, 0.2) is 0 Å². The van der Waals surface area contributed by atoms with Crippen LogP contribution >= 0.6 is 0 Å². The quantitative estimate of drug-likeness (QED) is 0.878. The van der Waals surface area contributed by atoms with Crippen LogP contribution in [0.25, 0.3) is 0 Å². The Balaban J connectivity index is 1.66. The maximum atomic E-state index is 11.9. The van der Waals surface area contributed by atoms with Crippen LogP contribution in [-0.4, -0.2) is 46.4 Å². The Kier molecular flexibility index (Phi) is 2.98. The van der Waals surface area contributed by atoms with Gasteiger partial charge in [-0.25, -0.2) is 4.79 Å². The summed E-state index contributed by atoms with van der Waals surface area (Å²) in [6.45, 7) is 3.58. The van der Waals surface area contributed by atoms with Gasteiger partial charge in [0.25, 0.3) is 0 Å². The number of hydrogen-bond acceptors (Lipinski definition) is 3. The molecular formula is C14H16N2O3. The lowest BCUT2D eigenvalue weighted by Gasteiger charge is -2.32. The summed E-state index contributed by atoms with van der Waals surface area (Å²) < 4.78 is 0. The maximum absolute atomic E-state index is 11.9. The average molecular weight is 260 g/mol. The molecule has 100 valence electrons. The third kappa shape index (κ3) is 2.33. The number of fused-ring (bicyclic) bond motifs is 1. The zero-order valence-electron chi connectivity index (χ0n) is 10.6. The Morgan fingerprint density at radius 1 is 1.16 bits per heavy atom. The van der Waals surface area contributed by atoms with E-state index in [2.05, 4.69) is 4.90 Å². The van der Waals surface area contributed by atoms with E-state index in [0.717, 1.165) is 37.2 Å². The molecule has 2 aliphatic heterocycles. The second-order valence-electron chi connectivity index (χ2n) is 5.17. The first-order valence-electron chi connectivity index (χ1n) is 6.49. The SMILES string of the molecule is O=C(O)c1ccc2c(c1)CN(CC(=O)N1CCC1)C2. The van der Waals surface area contributed by atoms with Gasteiger partial charge in [-0.15, -0.1) is 0 Å². The molecular weight excluding hydrogens is 244 g/mol.